The molecule has 0 radical (unpaired) electrons. The second kappa shape index (κ2) is 9.22. The summed E-state index contributed by atoms with van der Waals surface area (Å²) in [5.74, 6) is 1.45. The van der Waals surface area contributed by atoms with Crippen molar-refractivity contribution in [3.8, 4) is 0 Å². The Morgan fingerprint density at radius 3 is 2.62 bits per heavy atom. The van der Waals surface area contributed by atoms with Crippen molar-refractivity contribution >= 4 is 0 Å². The molecule has 0 atom stereocenters. The second-order valence-electron chi connectivity index (χ2n) is 6.71. The molecule has 0 aliphatic carbocycles. The van der Waals surface area contributed by atoms with E-state index in [1.165, 1.54) is 89.7 Å². The lowest BCUT2D eigenvalue weighted by Gasteiger charge is -2.35. The number of hydrogen-bond acceptors (Lipinski definition) is 3. The Labute approximate surface area is 131 Å². The van der Waals surface area contributed by atoms with Crippen molar-refractivity contribution < 1.29 is 0 Å². The van der Waals surface area contributed by atoms with Crippen molar-refractivity contribution in [2.45, 2.75) is 71.1 Å². The Kier molecular flexibility index (Phi) is 7.25. The molecule has 0 aromatic heterocycles. The lowest BCUT2D eigenvalue weighted by molar-refractivity contribution is 0.267. The predicted molar refractivity (Wildman–Crippen MR) is 91.1 cm³/mol. The van der Waals surface area contributed by atoms with Gasteiger partial charge in [-0.3, -0.25) is 0 Å². The molecular formula is C18H35N3. The highest BCUT2D eigenvalue weighted by Crippen LogP contribution is 2.24. The Balaban J connectivity index is 1.81. The average molecular weight is 293 g/mol. The Hall–Kier alpha value is -0.860. The van der Waals surface area contributed by atoms with Gasteiger partial charge in [-0.15, -0.1) is 0 Å². The van der Waals surface area contributed by atoms with Gasteiger partial charge in [-0.2, -0.15) is 0 Å². The van der Waals surface area contributed by atoms with Gasteiger partial charge in [-0.05, 0) is 32.1 Å². The molecule has 122 valence electrons. The van der Waals surface area contributed by atoms with Crippen molar-refractivity contribution in [3.63, 3.8) is 0 Å². The zero-order chi connectivity index (χ0) is 14.9. The molecule has 0 aromatic carbocycles. The van der Waals surface area contributed by atoms with Crippen LogP contribution >= 0.6 is 0 Å². The molecule has 21 heavy (non-hydrogen) atoms. The highest BCUT2D eigenvalue weighted by molar-refractivity contribution is 5.14. The van der Waals surface area contributed by atoms with Gasteiger partial charge >= 0.3 is 0 Å². The number of unbranched alkanes of at least 4 members (excludes halogenated alkanes) is 5. The van der Waals surface area contributed by atoms with Crippen molar-refractivity contribution in [1.29, 1.82) is 0 Å². The van der Waals surface area contributed by atoms with Gasteiger partial charge in [-0.1, -0.05) is 39.0 Å². The van der Waals surface area contributed by atoms with Crippen LogP contribution in [-0.2, 0) is 0 Å². The van der Waals surface area contributed by atoms with Crippen LogP contribution < -0.4 is 5.32 Å². The van der Waals surface area contributed by atoms with E-state index in [1.54, 1.807) is 5.70 Å². The van der Waals surface area contributed by atoms with Gasteiger partial charge in [0, 0.05) is 33.2 Å². The van der Waals surface area contributed by atoms with Gasteiger partial charge in [0.2, 0.25) is 0 Å². The van der Waals surface area contributed by atoms with E-state index < -0.39 is 0 Å². The summed E-state index contributed by atoms with van der Waals surface area (Å²) in [6, 6.07) is 0. The molecule has 0 saturated carbocycles. The zero-order valence-corrected chi connectivity index (χ0v) is 14.3. The van der Waals surface area contributed by atoms with Crippen LogP contribution in [0.5, 0.6) is 0 Å². The summed E-state index contributed by atoms with van der Waals surface area (Å²) in [6.45, 7) is 7.16. The Morgan fingerprint density at radius 1 is 1.00 bits per heavy atom. The van der Waals surface area contributed by atoms with Gasteiger partial charge in [-0.25, -0.2) is 0 Å². The number of nitrogens with zero attached hydrogens (tertiary/aromatic N) is 2. The first-order valence-corrected chi connectivity index (χ1v) is 9.26. The third kappa shape index (κ3) is 5.12. The van der Waals surface area contributed by atoms with Gasteiger partial charge < -0.3 is 15.1 Å². The zero-order valence-electron chi connectivity index (χ0n) is 14.3. The number of hydrogen-bond donors (Lipinski definition) is 1. The van der Waals surface area contributed by atoms with Crippen LogP contribution in [-0.4, -0.2) is 43.0 Å². The highest BCUT2D eigenvalue weighted by Gasteiger charge is 2.22. The standard InChI is InChI=1S/C18H35N3/c1-3-4-5-6-7-9-14-20(2)17-12-8-10-15-21-16-11-13-19-18(17)21/h19H,3-16H2,1-2H3. The van der Waals surface area contributed by atoms with Crippen molar-refractivity contribution in [2.75, 3.05) is 33.2 Å². The van der Waals surface area contributed by atoms with Crippen molar-refractivity contribution in [3.05, 3.63) is 11.5 Å². The van der Waals surface area contributed by atoms with Gasteiger partial charge in [0.1, 0.15) is 5.82 Å². The normalized spacial score (nSPS) is 19.0. The molecule has 0 amide bonds. The van der Waals surface area contributed by atoms with E-state index in [4.69, 9.17) is 0 Å². The number of fused-ring (bicyclic) bond motifs is 1. The molecule has 0 unspecified atom stereocenters. The lowest BCUT2D eigenvalue weighted by Crippen LogP contribution is -2.41. The van der Waals surface area contributed by atoms with Crippen molar-refractivity contribution in [2.24, 2.45) is 0 Å². The van der Waals surface area contributed by atoms with E-state index in [0.29, 0.717) is 0 Å². The summed E-state index contributed by atoms with van der Waals surface area (Å²) < 4.78 is 0. The topological polar surface area (TPSA) is 18.5 Å². The molecule has 1 fully saturated rings. The molecule has 2 rings (SSSR count). The smallest absolute Gasteiger partial charge is 0.121 e. The number of rotatable bonds is 8. The second-order valence-corrected chi connectivity index (χ2v) is 6.71. The summed E-state index contributed by atoms with van der Waals surface area (Å²) in [7, 11) is 2.30. The molecule has 0 aromatic rings. The number of nitrogens with one attached hydrogen (secondary N) is 1. The van der Waals surface area contributed by atoms with E-state index >= 15 is 0 Å². The first kappa shape index (κ1) is 16.5. The quantitative estimate of drug-likeness (QED) is 0.684. The van der Waals surface area contributed by atoms with Crippen LogP contribution in [0.4, 0.5) is 0 Å². The Bertz CT molecular complexity index is 324. The van der Waals surface area contributed by atoms with Crippen LogP contribution in [0.15, 0.2) is 11.5 Å². The molecule has 1 N–H and O–H groups in total. The molecule has 0 spiro atoms. The average Bonchev–Trinajstić information content (AvgIpc) is 2.73. The first-order chi connectivity index (χ1) is 10.3. The van der Waals surface area contributed by atoms with Gasteiger partial charge in [0.05, 0.1) is 5.70 Å². The van der Waals surface area contributed by atoms with E-state index in [2.05, 4.69) is 29.1 Å². The molecule has 2 aliphatic rings. The minimum absolute atomic E-state index is 1.15. The monoisotopic (exact) mass is 293 g/mol. The van der Waals surface area contributed by atoms with Crippen LogP contribution in [0.3, 0.4) is 0 Å². The maximum Gasteiger partial charge on any atom is 0.121 e. The van der Waals surface area contributed by atoms with E-state index in [1.807, 2.05) is 0 Å². The van der Waals surface area contributed by atoms with Crippen LogP contribution in [0.1, 0.15) is 71.1 Å². The first-order valence-electron chi connectivity index (χ1n) is 9.26. The van der Waals surface area contributed by atoms with Crippen LogP contribution in [0.25, 0.3) is 0 Å². The third-order valence-corrected chi connectivity index (χ3v) is 4.89. The maximum atomic E-state index is 3.67. The fourth-order valence-electron chi connectivity index (χ4n) is 3.56. The van der Waals surface area contributed by atoms with Crippen LogP contribution in [0, 0.1) is 0 Å². The molecule has 2 heterocycles. The van der Waals surface area contributed by atoms with E-state index in [-0.39, 0.29) is 0 Å². The summed E-state index contributed by atoms with van der Waals surface area (Å²) in [5, 5.41) is 3.67. The summed E-state index contributed by atoms with van der Waals surface area (Å²) in [6.07, 6.45) is 13.6. The molecule has 2 aliphatic heterocycles. The molecule has 3 nitrogen and oxygen atoms in total. The predicted octanol–water partition coefficient (Wildman–Crippen LogP) is 3.93. The molecule has 0 bridgehead atoms. The highest BCUT2D eigenvalue weighted by atomic mass is 15.3. The van der Waals surface area contributed by atoms with Crippen molar-refractivity contribution in [1.82, 2.24) is 15.1 Å². The lowest BCUT2D eigenvalue weighted by atomic mass is 10.1. The van der Waals surface area contributed by atoms with Gasteiger partial charge in [0.25, 0.3) is 0 Å². The minimum Gasteiger partial charge on any atom is -0.375 e. The summed E-state index contributed by atoms with van der Waals surface area (Å²) >= 11 is 0. The van der Waals surface area contributed by atoms with E-state index in [0.717, 1.165) is 6.54 Å². The van der Waals surface area contributed by atoms with E-state index in [9.17, 15) is 0 Å². The third-order valence-electron chi connectivity index (χ3n) is 4.89. The summed E-state index contributed by atoms with van der Waals surface area (Å²) in [4.78, 5) is 5.12. The largest absolute Gasteiger partial charge is 0.375 e. The fraction of sp³-hybridized carbons (Fsp3) is 0.889. The fourth-order valence-corrected chi connectivity index (χ4v) is 3.56. The minimum atomic E-state index is 1.15. The van der Waals surface area contributed by atoms with Crippen LogP contribution in [0.2, 0.25) is 0 Å². The summed E-state index contributed by atoms with van der Waals surface area (Å²) in [5.41, 5.74) is 1.57. The number of allylic oxidation sites excluding steroid dienone is 1. The molecular weight excluding hydrogens is 258 g/mol. The van der Waals surface area contributed by atoms with Gasteiger partial charge in [0.15, 0.2) is 0 Å². The molecule has 3 heteroatoms. The molecule has 1 saturated heterocycles. The Morgan fingerprint density at radius 2 is 1.76 bits per heavy atom. The SMILES string of the molecule is CCCCCCCCN(C)C1=C2NCCCN2CCCC1. The maximum absolute atomic E-state index is 3.67.